The van der Waals surface area contributed by atoms with E-state index in [2.05, 4.69) is 5.32 Å². The van der Waals surface area contributed by atoms with Gasteiger partial charge in [0.1, 0.15) is 0 Å². The van der Waals surface area contributed by atoms with Crippen molar-refractivity contribution in [3.05, 3.63) is 70.2 Å². The van der Waals surface area contributed by atoms with Gasteiger partial charge in [0, 0.05) is 11.6 Å². The lowest BCUT2D eigenvalue weighted by Crippen LogP contribution is -2.29. The molecule has 0 bridgehead atoms. The fraction of sp³-hybridized carbons (Fsp3) is 0.235. The number of hydrogen-bond donors (Lipinski definition) is 2. The molecule has 0 spiro atoms. The molecule has 0 heterocycles. The molecule has 7 heteroatoms. The molecule has 0 aliphatic carbocycles. The fourth-order valence-corrected chi connectivity index (χ4v) is 2.30. The highest BCUT2D eigenvalue weighted by molar-refractivity contribution is 6.31. The van der Waals surface area contributed by atoms with Crippen molar-refractivity contribution in [2.45, 2.75) is 18.7 Å². The van der Waals surface area contributed by atoms with Crippen LogP contribution in [0.5, 0.6) is 0 Å². The summed E-state index contributed by atoms with van der Waals surface area (Å²) in [5, 5.41) is 13.0. The predicted octanol–water partition coefficient (Wildman–Crippen LogP) is 3.75. The Morgan fingerprint density at radius 3 is 2.33 bits per heavy atom. The van der Waals surface area contributed by atoms with E-state index in [9.17, 15) is 23.1 Å². The van der Waals surface area contributed by atoms with Gasteiger partial charge in [-0.3, -0.25) is 4.79 Å². The van der Waals surface area contributed by atoms with Crippen molar-refractivity contribution in [2.75, 3.05) is 6.54 Å². The molecule has 1 amide bonds. The standard InChI is InChI=1S/C17H15ClF3NO2/c18-14-4-2-1-3-12(14)9-16(24)22-10-15(23)11-5-7-13(8-6-11)17(19,20)21/h1-8,15,23H,9-10H2,(H,22,24)/t15-/m0/s1. The van der Waals surface area contributed by atoms with Crippen LogP contribution in [-0.2, 0) is 17.4 Å². The van der Waals surface area contributed by atoms with Crippen LogP contribution in [0.3, 0.4) is 0 Å². The lowest BCUT2D eigenvalue weighted by molar-refractivity contribution is -0.137. The van der Waals surface area contributed by atoms with Crippen molar-refractivity contribution in [1.82, 2.24) is 5.32 Å². The van der Waals surface area contributed by atoms with E-state index in [1.54, 1.807) is 24.3 Å². The first-order valence-corrected chi connectivity index (χ1v) is 7.50. The number of carbonyl (C=O) groups excluding carboxylic acids is 1. The Hall–Kier alpha value is -2.05. The van der Waals surface area contributed by atoms with Gasteiger partial charge in [0.2, 0.25) is 5.91 Å². The van der Waals surface area contributed by atoms with Gasteiger partial charge in [-0.15, -0.1) is 0 Å². The first-order chi connectivity index (χ1) is 11.3. The number of nitrogens with one attached hydrogen (secondary N) is 1. The first kappa shape index (κ1) is 18.3. The lowest BCUT2D eigenvalue weighted by Gasteiger charge is -2.14. The molecule has 3 nitrogen and oxygen atoms in total. The summed E-state index contributed by atoms with van der Waals surface area (Å²) >= 11 is 5.96. The SMILES string of the molecule is O=C(Cc1ccccc1Cl)NC[C@H](O)c1ccc(C(F)(F)F)cc1. The molecule has 0 aromatic heterocycles. The smallest absolute Gasteiger partial charge is 0.387 e. The summed E-state index contributed by atoms with van der Waals surface area (Å²) in [6, 6.07) is 11.1. The minimum absolute atomic E-state index is 0.0550. The van der Waals surface area contributed by atoms with Gasteiger partial charge in [-0.1, -0.05) is 41.9 Å². The first-order valence-electron chi connectivity index (χ1n) is 7.12. The molecule has 1 atom stereocenters. The summed E-state index contributed by atoms with van der Waals surface area (Å²) in [5.74, 6) is -0.339. The van der Waals surface area contributed by atoms with Gasteiger partial charge in [0.15, 0.2) is 0 Å². The Morgan fingerprint density at radius 1 is 1.12 bits per heavy atom. The second kappa shape index (κ2) is 7.68. The molecule has 0 aliphatic rings. The van der Waals surface area contributed by atoms with Gasteiger partial charge in [0.05, 0.1) is 18.1 Å². The van der Waals surface area contributed by atoms with Gasteiger partial charge in [-0.2, -0.15) is 13.2 Å². The highest BCUT2D eigenvalue weighted by Crippen LogP contribution is 2.29. The minimum atomic E-state index is -4.42. The summed E-state index contributed by atoms with van der Waals surface area (Å²) in [4.78, 5) is 11.9. The summed E-state index contributed by atoms with van der Waals surface area (Å²) in [6.07, 6.45) is -5.46. The summed E-state index contributed by atoms with van der Waals surface area (Å²) in [7, 11) is 0. The molecule has 0 fully saturated rings. The maximum atomic E-state index is 12.5. The topological polar surface area (TPSA) is 49.3 Å². The number of hydrogen-bond acceptors (Lipinski definition) is 2. The third-order valence-corrected chi connectivity index (χ3v) is 3.79. The van der Waals surface area contributed by atoms with Crippen molar-refractivity contribution in [3.8, 4) is 0 Å². The molecule has 2 rings (SSSR count). The molecule has 0 aliphatic heterocycles. The number of rotatable bonds is 5. The number of carbonyl (C=O) groups is 1. The van der Waals surface area contributed by atoms with Crippen LogP contribution >= 0.6 is 11.6 Å². The molecule has 0 radical (unpaired) electrons. The zero-order chi connectivity index (χ0) is 17.7. The zero-order valence-electron chi connectivity index (χ0n) is 12.5. The van der Waals surface area contributed by atoms with Gasteiger partial charge in [-0.25, -0.2) is 0 Å². The predicted molar refractivity (Wildman–Crippen MR) is 84.6 cm³/mol. The molecule has 2 N–H and O–H groups in total. The van der Waals surface area contributed by atoms with Crippen molar-refractivity contribution >= 4 is 17.5 Å². The number of aliphatic hydroxyl groups excluding tert-OH is 1. The van der Waals surface area contributed by atoms with Crippen LogP contribution in [0.4, 0.5) is 13.2 Å². The molecule has 0 saturated heterocycles. The van der Waals surface area contributed by atoms with E-state index in [4.69, 9.17) is 11.6 Å². The van der Waals surface area contributed by atoms with E-state index in [0.29, 0.717) is 16.1 Å². The Labute approximate surface area is 142 Å². The normalized spacial score (nSPS) is 12.7. The van der Waals surface area contributed by atoms with E-state index in [-0.39, 0.29) is 18.9 Å². The third kappa shape index (κ3) is 4.97. The zero-order valence-corrected chi connectivity index (χ0v) is 13.2. The Balaban J connectivity index is 1.89. The van der Waals surface area contributed by atoms with Crippen LogP contribution in [0.25, 0.3) is 0 Å². The van der Waals surface area contributed by atoms with Crippen molar-refractivity contribution in [3.63, 3.8) is 0 Å². The largest absolute Gasteiger partial charge is 0.416 e. The second-order valence-corrected chi connectivity index (χ2v) is 5.62. The fourth-order valence-electron chi connectivity index (χ4n) is 2.10. The number of benzene rings is 2. The molecular formula is C17H15ClF3NO2. The number of amides is 1. The molecule has 2 aromatic rings. The Kier molecular flexibility index (Phi) is 5.85. The molecule has 0 saturated carbocycles. The average molecular weight is 358 g/mol. The van der Waals surface area contributed by atoms with Crippen LogP contribution in [0, 0.1) is 0 Å². The third-order valence-electron chi connectivity index (χ3n) is 3.42. The number of halogens is 4. The van der Waals surface area contributed by atoms with Crippen LogP contribution < -0.4 is 5.32 Å². The quantitative estimate of drug-likeness (QED) is 0.856. The highest BCUT2D eigenvalue weighted by atomic mass is 35.5. The van der Waals surface area contributed by atoms with Crippen LogP contribution in [0.1, 0.15) is 22.8 Å². The van der Waals surface area contributed by atoms with Crippen LogP contribution in [-0.4, -0.2) is 17.6 Å². The summed E-state index contributed by atoms with van der Waals surface area (Å²) in [5.41, 5.74) is 0.155. The van der Waals surface area contributed by atoms with E-state index < -0.39 is 17.8 Å². The van der Waals surface area contributed by atoms with E-state index in [1.165, 1.54) is 12.1 Å². The van der Waals surface area contributed by atoms with Crippen molar-refractivity contribution < 1.29 is 23.1 Å². The maximum Gasteiger partial charge on any atom is 0.416 e. The lowest BCUT2D eigenvalue weighted by atomic mass is 10.1. The number of alkyl halides is 3. The van der Waals surface area contributed by atoms with Gasteiger partial charge >= 0.3 is 6.18 Å². The summed E-state index contributed by atoms with van der Waals surface area (Å²) < 4.78 is 37.5. The molecule has 0 unspecified atom stereocenters. The Bertz CT molecular complexity index is 702. The van der Waals surface area contributed by atoms with Gasteiger partial charge in [0.25, 0.3) is 0 Å². The van der Waals surface area contributed by atoms with E-state index >= 15 is 0 Å². The van der Waals surface area contributed by atoms with Crippen LogP contribution in [0.2, 0.25) is 5.02 Å². The monoisotopic (exact) mass is 357 g/mol. The van der Waals surface area contributed by atoms with Crippen molar-refractivity contribution in [2.24, 2.45) is 0 Å². The minimum Gasteiger partial charge on any atom is -0.387 e. The van der Waals surface area contributed by atoms with E-state index in [0.717, 1.165) is 12.1 Å². The second-order valence-electron chi connectivity index (χ2n) is 5.21. The van der Waals surface area contributed by atoms with Crippen LogP contribution in [0.15, 0.2) is 48.5 Å². The number of aliphatic hydroxyl groups is 1. The average Bonchev–Trinajstić information content (AvgIpc) is 2.54. The Morgan fingerprint density at radius 2 is 1.75 bits per heavy atom. The molecule has 24 heavy (non-hydrogen) atoms. The van der Waals surface area contributed by atoms with Gasteiger partial charge in [-0.05, 0) is 29.3 Å². The highest BCUT2D eigenvalue weighted by Gasteiger charge is 2.30. The summed E-state index contributed by atoms with van der Waals surface area (Å²) in [6.45, 7) is -0.103. The maximum absolute atomic E-state index is 12.5. The molecular weight excluding hydrogens is 343 g/mol. The van der Waals surface area contributed by atoms with Crippen molar-refractivity contribution in [1.29, 1.82) is 0 Å². The molecule has 2 aromatic carbocycles. The molecule has 128 valence electrons. The van der Waals surface area contributed by atoms with Gasteiger partial charge < -0.3 is 10.4 Å². The van der Waals surface area contributed by atoms with E-state index in [1.807, 2.05) is 0 Å².